The monoisotopic (exact) mass is 1300 g/mol. The summed E-state index contributed by atoms with van der Waals surface area (Å²) in [6.45, 7) is 11.6. The third-order valence-corrected chi connectivity index (χ3v) is 18.4. The van der Waals surface area contributed by atoms with Gasteiger partial charge >= 0.3 is 18.0 Å². The SMILES string of the molecule is C/C=C\CCC(C)(I)SC1CC(=O)N(CCC(=O)N[C@H](CC(C)C)C(=O)N[C@@H](C)C(=O)N[C@@H](CCC(=O)O)C(=O)Nc2ccc(COC(=O)N[C@H]3CCc4c(C)c(F)cc5nc6c(c3c45)Cn3c-6cc4c(c3=O)COC(=O)[C@]4(O)CC)cc2)C1=O. The van der Waals surface area contributed by atoms with E-state index in [1.54, 1.807) is 32.0 Å². The number of carbonyl (C=O) groups excluding carboxylic acids is 8. The molecule has 0 spiro atoms. The number of allylic oxidation sites excluding steroid dienone is 2. The number of aliphatic hydroxyl groups is 1. The van der Waals surface area contributed by atoms with Crippen molar-refractivity contribution >= 4 is 104 Å². The lowest BCUT2D eigenvalue weighted by Gasteiger charge is -2.31. The highest BCUT2D eigenvalue weighted by atomic mass is 127. The van der Waals surface area contributed by atoms with Crippen LogP contribution in [0.3, 0.4) is 0 Å². The van der Waals surface area contributed by atoms with E-state index in [9.17, 15) is 58.2 Å². The molecule has 8 rings (SSSR count). The Labute approximate surface area is 507 Å². The summed E-state index contributed by atoms with van der Waals surface area (Å²) in [6.07, 6.45) is 4.62. The fraction of sp³-hybridized carbons (Fsp3) is 0.483. The van der Waals surface area contributed by atoms with Crippen LogP contribution in [-0.4, -0.2) is 111 Å². The van der Waals surface area contributed by atoms with Crippen molar-refractivity contribution in [2.24, 2.45) is 5.92 Å². The minimum atomic E-state index is -2.06. The largest absolute Gasteiger partial charge is 0.481 e. The number of cyclic esters (lactones) is 1. The first-order valence-electron chi connectivity index (χ1n) is 28.3. The van der Waals surface area contributed by atoms with Gasteiger partial charge < -0.3 is 50.8 Å². The molecule has 3 aliphatic heterocycles. The average Bonchev–Trinajstić information content (AvgIpc) is 1.67. The van der Waals surface area contributed by atoms with Crippen LogP contribution in [0.4, 0.5) is 14.9 Å². The van der Waals surface area contributed by atoms with E-state index < -0.39 is 94.5 Å². The summed E-state index contributed by atoms with van der Waals surface area (Å²) in [6, 6.07) is 4.64. The Morgan fingerprint density at radius 1 is 0.988 bits per heavy atom. The van der Waals surface area contributed by atoms with Crippen molar-refractivity contribution in [1.82, 2.24) is 35.7 Å². The number of nitrogens with zero attached hydrogens (tertiary/aromatic N) is 3. The average molecular weight is 1310 g/mol. The Morgan fingerprint density at radius 2 is 1.72 bits per heavy atom. The highest BCUT2D eigenvalue weighted by Gasteiger charge is 2.47. The lowest BCUT2D eigenvalue weighted by molar-refractivity contribution is -0.172. The van der Waals surface area contributed by atoms with Gasteiger partial charge in [0.15, 0.2) is 5.60 Å². The molecule has 7 N–H and O–H groups in total. The van der Waals surface area contributed by atoms with E-state index in [1.807, 2.05) is 39.8 Å². The Bertz CT molecular complexity index is 3460. The van der Waals surface area contributed by atoms with E-state index in [2.05, 4.69) is 49.2 Å². The van der Waals surface area contributed by atoms with Crippen LogP contribution in [0.25, 0.3) is 22.3 Å². The van der Waals surface area contributed by atoms with Crippen molar-refractivity contribution in [3.63, 3.8) is 0 Å². The van der Waals surface area contributed by atoms with Crippen molar-refractivity contribution in [3.8, 4) is 11.4 Å². The zero-order chi connectivity index (χ0) is 61.8. The van der Waals surface area contributed by atoms with Crippen LogP contribution < -0.4 is 32.1 Å². The van der Waals surface area contributed by atoms with Crippen molar-refractivity contribution in [3.05, 3.63) is 104 Å². The van der Waals surface area contributed by atoms with Gasteiger partial charge in [-0.3, -0.25) is 43.3 Å². The second-order valence-corrected chi connectivity index (χ2v) is 27.3. The van der Waals surface area contributed by atoms with E-state index in [1.165, 1.54) is 41.5 Å². The van der Waals surface area contributed by atoms with Gasteiger partial charge in [0, 0.05) is 54.1 Å². The maximum Gasteiger partial charge on any atom is 0.407 e. The van der Waals surface area contributed by atoms with Gasteiger partial charge in [0.2, 0.25) is 35.4 Å². The maximum absolute atomic E-state index is 15.5. The summed E-state index contributed by atoms with van der Waals surface area (Å²) in [5.41, 5.74) is 1.85. The number of aliphatic carboxylic acids is 1. The molecule has 22 nitrogen and oxygen atoms in total. The lowest BCUT2D eigenvalue weighted by Crippen LogP contribution is -2.55. The summed E-state index contributed by atoms with van der Waals surface area (Å²) in [5, 5.41) is 34.4. The second-order valence-electron chi connectivity index (χ2n) is 22.4. The molecule has 7 amide bonds. The third-order valence-electron chi connectivity index (χ3n) is 15.8. The zero-order valence-corrected chi connectivity index (χ0v) is 51.3. The minimum absolute atomic E-state index is 0.0215. The molecule has 2 aromatic carbocycles. The summed E-state index contributed by atoms with van der Waals surface area (Å²) < 4.78 is 27.5. The van der Waals surface area contributed by atoms with Crippen molar-refractivity contribution in [2.45, 2.75) is 170 Å². The smallest absolute Gasteiger partial charge is 0.407 e. The quantitative estimate of drug-likeness (QED) is 0.0114. The van der Waals surface area contributed by atoms with Crippen LogP contribution in [0.15, 0.2) is 53.3 Å². The van der Waals surface area contributed by atoms with Crippen molar-refractivity contribution in [1.29, 1.82) is 0 Å². The molecule has 5 heterocycles. The molecule has 0 radical (unpaired) electrons. The van der Waals surface area contributed by atoms with Gasteiger partial charge in [-0.25, -0.2) is 19.0 Å². The number of anilines is 1. The Balaban J connectivity index is 0.863. The fourth-order valence-corrected chi connectivity index (χ4v) is 13.7. The van der Waals surface area contributed by atoms with Gasteiger partial charge in [0.25, 0.3) is 5.56 Å². The highest BCUT2D eigenvalue weighted by Crippen LogP contribution is 2.47. The third kappa shape index (κ3) is 14.2. The number of nitrogens with one attached hydrogen (secondary N) is 5. The van der Waals surface area contributed by atoms with Gasteiger partial charge in [-0.2, -0.15) is 0 Å². The molecule has 1 aliphatic carbocycles. The lowest BCUT2D eigenvalue weighted by atomic mass is 9.81. The number of esters is 1. The summed E-state index contributed by atoms with van der Waals surface area (Å²) >= 11 is 3.71. The number of rotatable bonds is 24. The van der Waals surface area contributed by atoms with E-state index in [4.69, 9.17) is 14.5 Å². The fourth-order valence-electron chi connectivity index (χ4n) is 11.2. The number of imide groups is 1. The molecule has 0 bridgehead atoms. The first-order chi connectivity index (χ1) is 40.2. The molecule has 25 heteroatoms. The molecule has 4 aliphatic rings. The predicted molar refractivity (Wildman–Crippen MR) is 320 cm³/mol. The number of aromatic nitrogens is 2. The number of hydrogen-bond donors (Lipinski definition) is 7. The van der Waals surface area contributed by atoms with Crippen molar-refractivity contribution in [2.75, 3.05) is 11.9 Å². The standard InChI is InChI=1S/C60H70FIN8O14S/c1-8-10-11-21-59(7,62)85-45-26-47(72)69(56(45)79)22-20-46(71)65-43(23-30(3)4)54(77)63-32(6)52(75)67-41(18-19-48(73)74)53(76)64-34-14-12-33(13-15-34)28-84-58(81)68-40-17-16-35-31(5)39(61)25-42-49(35)50(40)36-27-70-44(51(36)66-42)24-38-37(55(70)78)29-83-57(80)60(38,82)9-2/h8,10,12-15,24-25,30,32,40-41,43,45,82H,9,11,16-23,26-29H2,1-7H3,(H,63,77)(H,64,76)(H,65,71)(H,67,75)(H,68,81)(H,73,74)/b10-8-/t32-,40-,41-,43+,45?,59?,60-/m0/s1. The first-order valence-corrected chi connectivity index (χ1v) is 30.3. The van der Waals surface area contributed by atoms with Gasteiger partial charge in [-0.15, -0.1) is 11.8 Å². The number of pyridine rings is 2. The number of aryl methyl sites for hydroxylation is 1. The molecule has 2 aromatic heterocycles. The first kappa shape index (κ1) is 63.8. The van der Waals surface area contributed by atoms with E-state index in [0.717, 1.165) is 23.3 Å². The molecule has 2 unspecified atom stereocenters. The molecule has 0 saturated carbocycles. The molecule has 1 saturated heterocycles. The summed E-state index contributed by atoms with van der Waals surface area (Å²) in [7, 11) is 0. The number of halogens is 2. The van der Waals surface area contributed by atoms with Crippen LogP contribution in [-0.2, 0) is 79.6 Å². The van der Waals surface area contributed by atoms with Gasteiger partial charge in [-0.1, -0.05) is 67.6 Å². The highest BCUT2D eigenvalue weighted by molar-refractivity contribution is 14.1. The number of amides is 7. The van der Waals surface area contributed by atoms with Crippen molar-refractivity contribution < 1.29 is 67.2 Å². The van der Waals surface area contributed by atoms with E-state index in [0.29, 0.717) is 57.4 Å². The Kier molecular flexibility index (Phi) is 19.9. The Morgan fingerprint density at radius 3 is 2.40 bits per heavy atom. The summed E-state index contributed by atoms with van der Waals surface area (Å²) in [4.78, 5) is 138. The number of alkyl halides is 1. The van der Waals surface area contributed by atoms with E-state index >= 15 is 4.39 Å². The minimum Gasteiger partial charge on any atom is -0.481 e. The molecular weight excluding hydrogens is 1230 g/mol. The van der Waals surface area contributed by atoms with Crippen LogP contribution >= 0.6 is 34.4 Å². The Hall–Kier alpha value is -7.26. The number of thioether (sulfide) groups is 1. The molecule has 4 aromatic rings. The normalized spacial score (nSPS) is 19.5. The molecule has 7 atom stereocenters. The number of carbonyl (C=O) groups is 9. The maximum atomic E-state index is 15.5. The number of likely N-dealkylation sites (tertiary alicyclic amines) is 1. The number of hydrogen-bond acceptors (Lipinski definition) is 15. The second kappa shape index (κ2) is 26.6. The van der Waals surface area contributed by atoms with Gasteiger partial charge in [0.05, 0.1) is 43.1 Å². The number of alkyl carbamates (subject to hydrolysis) is 1. The zero-order valence-electron chi connectivity index (χ0n) is 48.3. The molecule has 85 heavy (non-hydrogen) atoms. The number of fused-ring (bicyclic) bond motifs is 5. The molecular formula is C60H70FIN8O14S. The molecule has 454 valence electrons. The van der Waals surface area contributed by atoms with Gasteiger partial charge in [-0.05, 0) is 119 Å². The van der Waals surface area contributed by atoms with E-state index in [-0.39, 0.29) is 95.7 Å². The number of carboxylic acid groups (broad SMARTS) is 1. The number of ether oxygens (including phenoxy) is 2. The van der Waals surface area contributed by atoms with Crippen LogP contribution in [0.2, 0.25) is 0 Å². The number of benzene rings is 2. The van der Waals surface area contributed by atoms with Gasteiger partial charge in [0.1, 0.15) is 37.2 Å². The predicted octanol–water partition coefficient (Wildman–Crippen LogP) is 6.52. The van der Waals surface area contributed by atoms with Crippen LogP contribution in [0, 0.1) is 18.7 Å². The topological polar surface area (TPSA) is 311 Å². The number of carboxylic acids is 1. The van der Waals surface area contributed by atoms with Crippen LogP contribution in [0.5, 0.6) is 0 Å². The van der Waals surface area contributed by atoms with Crippen LogP contribution in [0.1, 0.15) is 144 Å². The molecule has 1 fully saturated rings. The summed E-state index contributed by atoms with van der Waals surface area (Å²) in [5.74, 6) is -6.30.